The summed E-state index contributed by atoms with van der Waals surface area (Å²) < 4.78 is 59.1. The molecule has 1 aliphatic heterocycles. The number of rotatable bonds is 7. The Morgan fingerprint density at radius 1 is 1.08 bits per heavy atom. The minimum Gasteiger partial charge on any atom is -0.497 e. The summed E-state index contributed by atoms with van der Waals surface area (Å²) >= 11 is 1.89. The molecule has 3 aromatic rings. The molecule has 1 unspecified atom stereocenters. The first-order valence-electron chi connectivity index (χ1n) is 11.2. The number of halogens is 5. The molecule has 12 heteroatoms. The fraction of sp³-hybridized carbons (Fsp3) is 0.192. The number of hydrogen-bond acceptors (Lipinski definition) is 4. The van der Waals surface area contributed by atoms with Crippen LogP contribution in [0.25, 0.3) is 0 Å². The van der Waals surface area contributed by atoms with Crippen LogP contribution in [-0.4, -0.2) is 35.9 Å². The number of carbonyl (C=O) groups is 3. The van der Waals surface area contributed by atoms with E-state index < -0.39 is 47.5 Å². The lowest BCUT2D eigenvalue weighted by molar-refractivity contribution is -0.137. The van der Waals surface area contributed by atoms with Crippen molar-refractivity contribution >= 4 is 46.1 Å². The van der Waals surface area contributed by atoms with Crippen LogP contribution >= 0.6 is 22.6 Å². The van der Waals surface area contributed by atoms with Crippen LogP contribution in [0.1, 0.15) is 22.7 Å². The van der Waals surface area contributed by atoms with Gasteiger partial charge in [-0.1, -0.05) is 24.3 Å². The number of imide groups is 1. The number of carbonyl (C=O) groups excluding carboxylic acids is 3. The zero-order chi connectivity index (χ0) is 27.6. The first kappa shape index (κ1) is 27.4. The van der Waals surface area contributed by atoms with Crippen molar-refractivity contribution in [1.29, 1.82) is 0 Å². The zero-order valence-electron chi connectivity index (χ0n) is 19.7. The highest BCUT2D eigenvalue weighted by Crippen LogP contribution is 2.31. The number of hydrogen-bond donors (Lipinski definition) is 2. The first-order chi connectivity index (χ1) is 18.0. The molecule has 2 N–H and O–H groups in total. The van der Waals surface area contributed by atoms with Crippen LogP contribution in [0.2, 0.25) is 0 Å². The van der Waals surface area contributed by atoms with Gasteiger partial charge in [0.15, 0.2) is 0 Å². The maximum Gasteiger partial charge on any atom is 0.416 e. The minimum absolute atomic E-state index is 0.174. The zero-order valence-corrected chi connectivity index (χ0v) is 21.8. The van der Waals surface area contributed by atoms with Gasteiger partial charge in [-0.05, 0) is 76.2 Å². The molecule has 0 bridgehead atoms. The molecule has 7 nitrogen and oxygen atoms in total. The molecule has 0 aliphatic carbocycles. The third kappa shape index (κ3) is 5.90. The van der Waals surface area contributed by atoms with Crippen LogP contribution in [0, 0.1) is 9.39 Å². The minimum atomic E-state index is -4.56. The second kappa shape index (κ2) is 11.0. The molecule has 0 saturated carbocycles. The summed E-state index contributed by atoms with van der Waals surface area (Å²) in [6.07, 6.45) is -4.86. The highest BCUT2D eigenvalue weighted by Gasteiger charge is 2.45. The summed E-state index contributed by atoms with van der Waals surface area (Å²) in [5.74, 6) is -1.83. The van der Waals surface area contributed by atoms with E-state index in [4.69, 9.17) is 4.74 Å². The smallest absolute Gasteiger partial charge is 0.416 e. The van der Waals surface area contributed by atoms with Crippen LogP contribution in [0.5, 0.6) is 5.75 Å². The fourth-order valence-electron chi connectivity index (χ4n) is 3.97. The SMILES string of the molecule is COc1ccc([C@H]2NC(=O)N(C(Cc3ccc(C(F)(F)F)cc3)C(=O)Nc3ccc(I)cc3F)C2=O)cc1. The Kier molecular flexibility index (Phi) is 7.90. The number of anilines is 1. The maximum absolute atomic E-state index is 14.4. The standard InChI is InChI=1S/C26H20F4IN3O4/c1-38-18-9-4-15(5-10-18)22-24(36)34(25(37)33-22)21(12-14-2-6-16(7-3-14)26(28,29)30)23(35)32-20-11-8-17(31)13-19(20)27/h2-11,13,21-22H,12H2,1H3,(H,32,35)(H,33,37)/t21?,22-/m1/s1. The van der Waals surface area contributed by atoms with Crippen molar-refractivity contribution in [3.05, 3.63) is 92.8 Å². The second-order valence-corrected chi connectivity index (χ2v) is 9.64. The molecule has 0 spiro atoms. The van der Waals surface area contributed by atoms with Gasteiger partial charge in [0.25, 0.3) is 5.91 Å². The molecule has 198 valence electrons. The second-order valence-electron chi connectivity index (χ2n) is 8.39. The lowest BCUT2D eigenvalue weighted by Gasteiger charge is -2.25. The van der Waals surface area contributed by atoms with Crippen LogP contribution in [0.15, 0.2) is 66.7 Å². The topological polar surface area (TPSA) is 87.7 Å². The summed E-state index contributed by atoms with van der Waals surface area (Å²) in [5, 5.41) is 4.93. The number of urea groups is 1. The quantitative estimate of drug-likeness (QED) is 0.208. The van der Waals surface area contributed by atoms with Gasteiger partial charge >= 0.3 is 12.2 Å². The van der Waals surface area contributed by atoms with Gasteiger partial charge in [0.2, 0.25) is 5.91 Å². The van der Waals surface area contributed by atoms with Crippen LogP contribution in [-0.2, 0) is 22.2 Å². The summed E-state index contributed by atoms with van der Waals surface area (Å²) in [6, 6.07) is 11.0. The highest BCUT2D eigenvalue weighted by molar-refractivity contribution is 14.1. The van der Waals surface area contributed by atoms with Crippen molar-refractivity contribution in [3.63, 3.8) is 0 Å². The van der Waals surface area contributed by atoms with E-state index in [1.165, 1.54) is 19.2 Å². The van der Waals surface area contributed by atoms with E-state index in [-0.39, 0.29) is 17.7 Å². The molecule has 1 heterocycles. The summed E-state index contributed by atoms with van der Waals surface area (Å²) in [6.45, 7) is 0. The molecule has 3 aromatic carbocycles. The normalized spacial score (nSPS) is 16.3. The van der Waals surface area contributed by atoms with Gasteiger partial charge in [-0.25, -0.2) is 14.1 Å². The van der Waals surface area contributed by atoms with E-state index >= 15 is 0 Å². The Morgan fingerprint density at radius 3 is 2.32 bits per heavy atom. The van der Waals surface area contributed by atoms with Crippen molar-refractivity contribution in [2.24, 2.45) is 0 Å². The molecule has 2 atom stereocenters. The van der Waals surface area contributed by atoms with E-state index in [1.54, 1.807) is 30.3 Å². The Hall–Kier alpha value is -3.68. The van der Waals surface area contributed by atoms with Crippen LogP contribution in [0.4, 0.5) is 28.0 Å². The van der Waals surface area contributed by atoms with Crippen molar-refractivity contribution in [2.45, 2.75) is 24.7 Å². The summed E-state index contributed by atoms with van der Waals surface area (Å²) in [7, 11) is 1.47. The monoisotopic (exact) mass is 641 g/mol. The van der Waals surface area contributed by atoms with Crippen LogP contribution in [0.3, 0.4) is 0 Å². The molecule has 1 saturated heterocycles. The third-order valence-electron chi connectivity index (χ3n) is 5.93. The molecule has 4 amide bonds. The van der Waals surface area contributed by atoms with Gasteiger partial charge in [-0.15, -0.1) is 0 Å². The first-order valence-corrected chi connectivity index (χ1v) is 12.3. The van der Waals surface area contributed by atoms with Crippen LogP contribution < -0.4 is 15.4 Å². The predicted octanol–water partition coefficient (Wildman–Crippen LogP) is 5.30. The van der Waals surface area contributed by atoms with Crippen molar-refractivity contribution in [3.8, 4) is 5.75 Å². The van der Waals surface area contributed by atoms with Crippen molar-refractivity contribution in [1.82, 2.24) is 10.2 Å². The van der Waals surface area contributed by atoms with Gasteiger partial charge in [-0.3, -0.25) is 9.59 Å². The molecule has 1 fully saturated rings. The van der Waals surface area contributed by atoms with E-state index in [0.29, 0.717) is 19.8 Å². The van der Waals surface area contributed by atoms with E-state index in [2.05, 4.69) is 10.6 Å². The maximum atomic E-state index is 14.4. The van der Waals surface area contributed by atoms with E-state index in [0.717, 1.165) is 24.3 Å². The Labute approximate surface area is 228 Å². The summed E-state index contributed by atoms with van der Waals surface area (Å²) in [5.41, 5.74) is -0.372. The van der Waals surface area contributed by atoms with Gasteiger partial charge in [0, 0.05) is 9.99 Å². The fourth-order valence-corrected chi connectivity index (χ4v) is 4.43. The average Bonchev–Trinajstić information content (AvgIpc) is 3.17. The predicted molar refractivity (Wildman–Crippen MR) is 138 cm³/mol. The largest absolute Gasteiger partial charge is 0.497 e. The Bertz CT molecular complexity index is 1360. The molecule has 1 aliphatic rings. The van der Waals surface area contributed by atoms with Gasteiger partial charge < -0.3 is 15.4 Å². The lowest BCUT2D eigenvalue weighted by atomic mass is 10.0. The highest BCUT2D eigenvalue weighted by atomic mass is 127. The molecule has 0 radical (unpaired) electrons. The number of nitrogens with one attached hydrogen (secondary N) is 2. The van der Waals surface area contributed by atoms with Crippen molar-refractivity contribution in [2.75, 3.05) is 12.4 Å². The number of nitrogens with zero attached hydrogens (tertiary/aromatic N) is 1. The van der Waals surface area contributed by atoms with Gasteiger partial charge in [0.1, 0.15) is 23.7 Å². The molecule has 4 rings (SSSR count). The van der Waals surface area contributed by atoms with Gasteiger partial charge in [0.05, 0.1) is 18.4 Å². The Morgan fingerprint density at radius 2 is 1.74 bits per heavy atom. The molecular weight excluding hydrogens is 621 g/mol. The number of benzene rings is 3. The average molecular weight is 641 g/mol. The number of alkyl halides is 3. The lowest BCUT2D eigenvalue weighted by Crippen LogP contribution is -2.49. The Balaban J connectivity index is 1.65. The summed E-state index contributed by atoms with van der Waals surface area (Å²) in [4.78, 5) is 40.4. The van der Waals surface area contributed by atoms with Crippen molar-refractivity contribution < 1.29 is 36.7 Å². The number of ether oxygens (including phenoxy) is 1. The van der Waals surface area contributed by atoms with Gasteiger partial charge in [-0.2, -0.15) is 13.2 Å². The van der Waals surface area contributed by atoms with E-state index in [9.17, 15) is 31.9 Å². The molecule has 0 aromatic heterocycles. The number of amides is 4. The molecular formula is C26H20F4IN3O4. The molecule has 38 heavy (non-hydrogen) atoms. The van der Waals surface area contributed by atoms with E-state index in [1.807, 2.05) is 22.6 Å². The third-order valence-corrected chi connectivity index (χ3v) is 6.60. The number of methoxy groups -OCH3 is 1.